The number of carbonyl (C=O) groups is 1. The Morgan fingerprint density at radius 1 is 1.60 bits per heavy atom. The van der Waals surface area contributed by atoms with Gasteiger partial charge in [-0.15, -0.1) is 0 Å². The van der Waals surface area contributed by atoms with E-state index in [9.17, 15) is 4.79 Å². The molecule has 0 N–H and O–H groups in total. The average Bonchev–Trinajstić information content (AvgIpc) is 2.42. The molecule has 1 rings (SSSR count). The molecule has 0 aliphatic carbocycles. The first-order valence-corrected chi connectivity index (χ1v) is 6.72. The topological polar surface area (TPSA) is 29.5 Å². The van der Waals surface area contributed by atoms with Gasteiger partial charge in [0, 0.05) is 24.1 Å². The van der Waals surface area contributed by atoms with Crippen molar-refractivity contribution in [3.8, 4) is 0 Å². The molecule has 1 aliphatic heterocycles. The molecule has 1 aliphatic rings. The van der Waals surface area contributed by atoms with E-state index in [0.717, 1.165) is 25.3 Å². The van der Waals surface area contributed by atoms with Crippen LogP contribution in [0.1, 0.15) is 27.2 Å². The molecule has 88 valence electrons. The monoisotopic (exact) mass is 231 g/mol. The highest BCUT2D eigenvalue weighted by Gasteiger charge is 2.24. The molecule has 0 saturated carbocycles. The van der Waals surface area contributed by atoms with Crippen molar-refractivity contribution in [2.45, 2.75) is 38.5 Å². The fourth-order valence-electron chi connectivity index (χ4n) is 1.71. The molecule has 0 amide bonds. The molecule has 0 aromatic heterocycles. The highest BCUT2D eigenvalue weighted by atomic mass is 32.2. The highest BCUT2D eigenvalue weighted by molar-refractivity contribution is 7.99. The SMILES string of the molecule is CCOC(=O)C(C)N1CCSC(C)CC1. The quantitative estimate of drug-likeness (QED) is 0.692. The second-order valence-corrected chi connectivity index (χ2v) is 5.48. The van der Waals surface area contributed by atoms with Gasteiger partial charge in [0.2, 0.25) is 0 Å². The molecule has 1 saturated heterocycles. The summed E-state index contributed by atoms with van der Waals surface area (Å²) >= 11 is 1.99. The van der Waals surface area contributed by atoms with E-state index in [0.29, 0.717) is 11.9 Å². The lowest BCUT2D eigenvalue weighted by Crippen LogP contribution is -2.41. The van der Waals surface area contributed by atoms with Gasteiger partial charge in [0.15, 0.2) is 0 Å². The number of carbonyl (C=O) groups excluding carboxylic acids is 1. The Kier molecular flexibility index (Phi) is 5.47. The van der Waals surface area contributed by atoms with Crippen molar-refractivity contribution in [2.75, 3.05) is 25.4 Å². The molecule has 2 unspecified atom stereocenters. The summed E-state index contributed by atoms with van der Waals surface area (Å²) in [4.78, 5) is 13.8. The first-order valence-electron chi connectivity index (χ1n) is 5.67. The zero-order valence-electron chi connectivity index (χ0n) is 9.86. The van der Waals surface area contributed by atoms with Crippen molar-refractivity contribution in [2.24, 2.45) is 0 Å². The van der Waals surface area contributed by atoms with Gasteiger partial charge < -0.3 is 4.74 Å². The van der Waals surface area contributed by atoms with Crippen LogP contribution >= 0.6 is 11.8 Å². The van der Waals surface area contributed by atoms with Crippen LogP contribution in [0.25, 0.3) is 0 Å². The van der Waals surface area contributed by atoms with Crippen molar-refractivity contribution in [1.82, 2.24) is 4.90 Å². The van der Waals surface area contributed by atoms with Gasteiger partial charge in [0.25, 0.3) is 0 Å². The van der Waals surface area contributed by atoms with Crippen molar-refractivity contribution < 1.29 is 9.53 Å². The van der Waals surface area contributed by atoms with Gasteiger partial charge in [0.1, 0.15) is 6.04 Å². The summed E-state index contributed by atoms with van der Waals surface area (Å²) in [5.74, 6) is 1.03. The fourth-order valence-corrected chi connectivity index (χ4v) is 2.73. The second kappa shape index (κ2) is 6.38. The van der Waals surface area contributed by atoms with Gasteiger partial charge in [-0.05, 0) is 20.3 Å². The third-order valence-electron chi connectivity index (χ3n) is 2.78. The summed E-state index contributed by atoms with van der Waals surface area (Å²) in [7, 11) is 0. The smallest absolute Gasteiger partial charge is 0.323 e. The van der Waals surface area contributed by atoms with Crippen molar-refractivity contribution >= 4 is 17.7 Å². The summed E-state index contributed by atoms with van der Waals surface area (Å²) in [6.07, 6.45) is 1.16. The number of ether oxygens (including phenoxy) is 1. The van der Waals surface area contributed by atoms with E-state index in [-0.39, 0.29) is 12.0 Å². The maximum atomic E-state index is 11.6. The van der Waals surface area contributed by atoms with Gasteiger partial charge in [0.05, 0.1) is 6.61 Å². The Morgan fingerprint density at radius 2 is 2.33 bits per heavy atom. The minimum absolute atomic E-state index is 0.0861. The lowest BCUT2D eigenvalue weighted by molar-refractivity contribution is -0.148. The Balaban J connectivity index is 2.44. The number of thioether (sulfide) groups is 1. The number of nitrogens with zero attached hydrogens (tertiary/aromatic N) is 1. The first-order chi connectivity index (χ1) is 7.15. The van der Waals surface area contributed by atoms with E-state index in [1.54, 1.807) is 0 Å². The number of esters is 1. The molecular formula is C11H21NO2S. The summed E-state index contributed by atoms with van der Waals surface area (Å²) in [6, 6.07) is -0.0872. The second-order valence-electron chi connectivity index (χ2n) is 3.93. The average molecular weight is 231 g/mol. The van der Waals surface area contributed by atoms with Crippen LogP contribution in [0.5, 0.6) is 0 Å². The predicted octanol–water partition coefficient (Wildman–Crippen LogP) is 1.77. The minimum atomic E-state index is -0.0872. The maximum absolute atomic E-state index is 11.6. The molecule has 0 aromatic carbocycles. The van der Waals surface area contributed by atoms with Crippen LogP contribution in [0.15, 0.2) is 0 Å². The van der Waals surface area contributed by atoms with Gasteiger partial charge in [-0.1, -0.05) is 6.92 Å². The number of hydrogen-bond acceptors (Lipinski definition) is 4. The van der Waals surface area contributed by atoms with Crippen molar-refractivity contribution in [3.63, 3.8) is 0 Å². The summed E-state index contributed by atoms with van der Waals surface area (Å²) in [5, 5.41) is 0.712. The summed E-state index contributed by atoms with van der Waals surface area (Å²) < 4.78 is 5.04. The molecule has 0 aromatic rings. The first kappa shape index (κ1) is 12.8. The van der Waals surface area contributed by atoms with E-state index in [2.05, 4.69) is 11.8 Å². The molecule has 0 radical (unpaired) electrons. The standard InChI is InChI=1S/C11H21NO2S/c1-4-14-11(13)10(3)12-6-5-9(2)15-8-7-12/h9-10H,4-8H2,1-3H3. The van der Waals surface area contributed by atoms with Crippen LogP contribution in [0.3, 0.4) is 0 Å². The minimum Gasteiger partial charge on any atom is -0.465 e. The van der Waals surface area contributed by atoms with Crippen LogP contribution in [0.2, 0.25) is 0 Å². The lowest BCUT2D eigenvalue weighted by atomic mass is 10.2. The zero-order valence-corrected chi connectivity index (χ0v) is 10.7. The van der Waals surface area contributed by atoms with E-state index in [1.165, 1.54) is 0 Å². The van der Waals surface area contributed by atoms with Crippen LogP contribution < -0.4 is 0 Å². The maximum Gasteiger partial charge on any atom is 0.323 e. The van der Waals surface area contributed by atoms with Gasteiger partial charge in [-0.25, -0.2) is 0 Å². The molecule has 1 heterocycles. The van der Waals surface area contributed by atoms with Crippen LogP contribution in [0, 0.1) is 0 Å². The summed E-state index contributed by atoms with van der Waals surface area (Å²) in [6.45, 7) is 8.53. The van der Waals surface area contributed by atoms with E-state index in [4.69, 9.17) is 4.74 Å². The summed E-state index contributed by atoms with van der Waals surface area (Å²) in [5.41, 5.74) is 0. The Hall–Kier alpha value is -0.220. The van der Waals surface area contributed by atoms with Crippen molar-refractivity contribution in [1.29, 1.82) is 0 Å². The predicted molar refractivity (Wildman–Crippen MR) is 64.2 cm³/mol. The molecule has 2 atom stereocenters. The Labute approximate surface area is 96.5 Å². The van der Waals surface area contributed by atoms with E-state index in [1.807, 2.05) is 25.6 Å². The van der Waals surface area contributed by atoms with Crippen molar-refractivity contribution in [3.05, 3.63) is 0 Å². The Morgan fingerprint density at radius 3 is 3.00 bits per heavy atom. The van der Waals surface area contributed by atoms with E-state index < -0.39 is 0 Å². The largest absolute Gasteiger partial charge is 0.465 e. The molecule has 1 fully saturated rings. The van der Waals surface area contributed by atoms with Crippen LogP contribution in [0.4, 0.5) is 0 Å². The van der Waals surface area contributed by atoms with Gasteiger partial charge >= 0.3 is 5.97 Å². The van der Waals surface area contributed by atoms with Crippen LogP contribution in [-0.2, 0) is 9.53 Å². The third-order valence-corrected chi connectivity index (χ3v) is 4.00. The molecule has 0 spiro atoms. The van der Waals surface area contributed by atoms with Crippen LogP contribution in [-0.4, -0.2) is 47.6 Å². The normalized spacial score (nSPS) is 25.7. The van der Waals surface area contributed by atoms with E-state index >= 15 is 0 Å². The molecule has 3 nitrogen and oxygen atoms in total. The molecule has 4 heteroatoms. The Bertz CT molecular complexity index is 211. The van der Waals surface area contributed by atoms with Gasteiger partial charge in [-0.3, -0.25) is 9.69 Å². The molecule has 0 bridgehead atoms. The fraction of sp³-hybridized carbons (Fsp3) is 0.909. The molecular weight excluding hydrogens is 210 g/mol. The molecule has 15 heavy (non-hydrogen) atoms. The van der Waals surface area contributed by atoms with Gasteiger partial charge in [-0.2, -0.15) is 11.8 Å². The highest BCUT2D eigenvalue weighted by Crippen LogP contribution is 2.20. The number of rotatable bonds is 3. The zero-order chi connectivity index (χ0) is 11.3. The lowest BCUT2D eigenvalue weighted by Gasteiger charge is -2.25. The third kappa shape index (κ3) is 4.03. The number of hydrogen-bond donors (Lipinski definition) is 0.